The van der Waals surface area contributed by atoms with E-state index < -0.39 is 17.7 Å². The molecule has 4 rings (SSSR count). The smallest absolute Gasteiger partial charge is 0.416 e. The van der Waals surface area contributed by atoms with Crippen molar-refractivity contribution in [2.75, 3.05) is 38.8 Å². The number of rotatable bonds is 14. The monoisotopic (exact) mass is 712 g/mol. The number of aryl methyl sites for hydroxylation is 1. The fourth-order valence-electron chi connectivity index (χ4n) is 5.61. The van der Waals surface area contributed by atoms with Gasteiger partial charge >= 0.3 is 6.09 Å². The second kappa shape index (κ2) is 19.9. The summed E-state index contributed by atoms with van der Waals surface area (Å²) in [5.41, 5.74) is 2.87. The Labute approximate surface area is 306 Å². The molecular formula is C41H52N4O7. The van der Waals surface area contributed by atoms with Crippen molar-refractivity contribution in [1.29, 1.82) is 0 Å². The molecule has 3 aromatic carbocycles. The van der Waals surface area contributed by atoms with E-state index in [-0.39, 0.29) is 43.5 Å². The van der Waals surface area contributed by atoms with Crippen LogP contribution in [0.3, 0.4) is 0 Å². The normalized spacial score (nSPS) is 11.5. The largest absolute Gasteiger partial charge is 0.507 e. The molecule has 1 aromatic heterocycles. The summed E-state index contributed by atoms with van der Waals surface area (Å²) < 4.78 is 9.85. The van der Waals surface area contributed by atoms with Crippen LogP contribution in [0.25, 0.3) is 21.9 Å². The van der Waals surface area contributed by atoms with Crippen molar-refractivity contribution in [1.82, 2.24) is 15.2 Å². The molecule has 0 fully saturated rings. The number of nitrogens with one attached hydrogen (secondary N) is 1. The Bertz CT molecular complexity index is 1790. The van der Waals surface area contributed by atoms with Crippen LogP contribution in [0.5, 0.6) is 5.75 Å². The highest BCUT2D eigenvalue weighted by Crippen LogP contribution is 2.34. The summed E-state index contributed by atoms with van der Waals surface area (Å²) >= 11 is 0. The maximum atomic E-state index is 13.3. The third-order valence-corrected chi connectivity index (χ3v) is 7.94. The van der Waals surface area contributed by atoms with Crippen LogP contribution in [0.15, 0.2) is 79.0 Å². The van der Waals surface area contributed by atoms with Gasteiger partial charge in [0, 0.05) is 51.7 Å². The number of hydrogen-bond donors (Lipinski definition) is 2. The zero-order chi connectivity index (χ0) is 38.3. The molecule has 2 N–H and O–H groups in total. The molecule has 0 saturated carbocycles. The number of carbonyl (C=O) groups excluding carboxylic acids is 4. The van der Waals surface area contributed by atoms with Crippen molar-refractivity contribution >= 4 is 40.8 Å². The van der Waals surface area contributed by atoms with Crippen LogP contribution in [0.1, 0.15) is 70.5 Å². The van der Waals surface area contributed by atoms with Crippen LogP contribution < -0.4 is 10.2 Å². The van der Waals surface area contributed by atoms with Crippen molar-refractivity contribution in [2.45, 2.75) is 71.9 Å². The summed E-state index contributed by atoms with van der Waals surface area (Å²) in [7, 11) is 3.25. The molecule has 0 aliphatic rings. The van der Waals surface area contributed by atoms with Crippen LogP contribution >= 0.6 is 0 Å². The minimum Gasteiger partial charge on any atom is -0.507 e. The molecule has 11 heteroatoms. The van der Waals surface area contributed by atoms with E-state index in [1.165, 1.54) is 9.80 Å². The van der Waals surface area contributed by atoms with Gasteiger partial charge in [0.15, 0.2) is 0 Å². The van der Waals surface area contributed by atoms with Crippen molar-refractivity contribution in [3.05, 3.63) is 90.1 Å². The van der Waals surface area contributed by atoms with Gasteiger partial charge in [0.05, 0.1) is 12.6 Å². The molecule has 52 heavy (non-hydrogen) atoms. The number of phenols is 1. The lowest BCUT2D eigenvalue weighted by atomic mass is 9.95. The van der Waals surface area contributed by atoms with Crippen molar-refractivity contribution in [2.24, 2.45) is 0 Å². The van der Waals surface area contributed by atoms with Crippen molar-refractivity contribution in [3.8, 4) is 16.9 Å². The minimum absolute atomic E-state index is 0.0719. The molecule has 0 saturated heterocycles. The second-order valence-electron chi connectivity index (χ2n) is 13.5. The summed E-state index contributed by atoms with van der Waals surface area (Å²) in [6, 6.07) is 21.8. The molecule has 1 unspecified atom stereocenters. The van der Waals surface area contributed by atoms with Crippen LogP contribution in [-0.2, 0) is 23.9 Å². The number of nitrogens with zero attached hydrogens (tertiary/aromatic N) is 3. The highest BCUT2D eigenvalue weighted by Gasteiger charge is 2.25. The number of benzene rings is 3. The highest BCUT2D eigenvalue weighted by molar-refractivity contribution is 6.00. The number of aldehydes is 1. The summed E-state index contributed by atoms with van der Waals surface area (Å²) in [5, 5.41) is 14.9. The molecule has 0 aliphatic carbocycles. The van der Waals surface area contributed by atoms with Gasteiger partial charge in [-0.3, -0.25) is 14.5 Å². The molecule has 0 radical (unpaired) electrons. The van der Waals surface area contributed by atoms with E-state index in [4.69, 9.17) is 4.74 Å². The lowest BCUT2D eigenvalue weighted by Crippen LogP contribution is -2.42. The first kappa shape index (κ1) is 41.1. The van der Waals surface area contributed by atoms with Crippen LogP contribution in [-0.4, -0.2) is 78.6 Å². The average molecular weight is 713 g/mol. The lowest BCUT2D eigenvalue weighted by Gasteiger charge is -2.27. The number of ether oxygens (including phenoxy) is 2. The van der Waals surface area contributed by atoms with E-state index >= 15 is 0 Å². The number of anilines is 1. The Kier molecular flexibility index (Phi) is 15.8. The van der Waals surface area contributed by atoms with E-state index in [0.29, 0.717) is 25.2 Å². The maximum absolute atomic E-state index is 13.3. The quantitative estimate of drug-likeness (QED) is 0.129. The van der Waals surface area contributed by atoms with Crippen LogP contribution in [0.2, 0.25) is 0 Å². The Morgan fingerprint density at radius 1 is 0.962 bits per heavy atom. The number of pyridine rings is 1. The molecule has 0 bridgehead atoms. The van der Waals surface area contributed by atoms with Crippen LogP contribution in [0.4, 0.5) is 10.6 Å². The van der Waals surface area contributed by atoms with Gasteiger partial charge in [-0.05, 0) is 86.4 Å². The predicted molar refractivity (Wildman–Crippen MR) is 204 cm³/mol. The molecule has 1 atom stereocenters. The standard InChI is InChI=1S/C39H46N4O6.C2H6O/c1-6-22-42(37(47)12-9-23-43(38(48)49-39(3,4)5)35-25-27(2)19-21-40-35)26-36(46)41-33(20-24-44)29-15-13-28(14-16-29)30-17-18-34(45)32-11-8-7-10-31(30)32;1-3-2/h7-8,10-11,13-19,21,24-25,33,45H,6,9,12,20,22-23,26H2,1-5H3,(H,41,46);1-2H3. The van der Waals surface area contributed by atoms with Gasteiger partial charge in [0.25, 0.3) is 0 Å². The number of hydrogen-bond acceptors (Lipinski definition) is 8. The molecule has 278 valence electrons. The third-order valence-electron chi connectivity index (χ3n) is 7.94. The summed E-state index contributed by atoms with van der Waals surface area (Å²) in [6.07, 6.45) is 3.02. The Balaban J connectivity index is 0.00000235. The first-order valence-corrected chi connectivity index (χ1v) is 17.5. The van der Waals surface area contributed by atoms with Gasteiger partial charge in [0.1, 0.15) is 23.5 Å². The number of carbonyl (C=O) groups is 4. The molecule has 3 amide bonds. The van der Waals surface area contributed by atoms with E-state index in [1.807, 2.05) is 74.5 Å². The molecule has 4 aromatic rings. The van der Waals surface area contributed by atoms with E-state index in [2.05, 4.69) is 15.0 Å². The second-order valence-corrected chi connectivity index (χ2v) is 13.5. The molecular weight excluding hydrogens is 660 g/mol. The first-order chi connectivity index (χ1) is 24.8. The zero-order valence-electron chi connectivity index (χ0n) is 31.3. The molecule has 11 nitrogen and oxygen atoms in total. The van der Waals surface area contributed by atoms with Gasteiger partial charge in [-0.15, -0.1) is 0 Å². The Morgan fingerprint density at radius 2 is 1.63 bits per heavy atom. The van der Waals surface area contributed by atoms with Gasteiger partial charge < -0.3 is 29.6 Å². The van der Waals surface area contributed by atoms with Crippen molar-refractivity contribution in [3.63, 3.8) is 0 Å². The lowest BCUT2D eigenvalue weighted by molar-refractivity contribution is -0.136. The van der Waals surface area contributed by atoms with Gasteiger partial charge in [0.2, 0.25) is 11.8 Å². The SMILES string of the molecule is CCCN(CC(=O)NC(CC=O)c1ccc(-c2ccc(O)c3ccccc23)cc1)C(=O)CCCN(C(=O)OC(C)(C)C)c1cc(C)ccn1.COC. The Morgan fingerprint density at radius 3 is 2.25 bits per heavy atom. The number of aromatic nitrogens is 1. The molecule has 0 aliphatic heterocycles. The number of methoxy groups -OCH3 is 1. The number of aromatic hydroxyl groups is 1. The first-order valence-electron chi connectivity index (χ1n) is 17.5. The topological polar surface area (TPSA) is 138 Å². The van der Waals surface area contributed by atoms with E-state index in [1.54, 1.807) is 53.3 Å². The van der Waals surface area contributed by atoms with Crippen molar-refractivity contribution < 1.29 is 33.8 Å². The summed E-state index contributed by atoms with van der Waals surface area (Å²) in [4.78, 5) is 58.5. The zero-order valence-corrected chi connectivity index (χ0v) is 31.3. The summed E-state index contributed by atoms with van der Waals surface area (Å²) in [5.74, 6) is 0.0668. The minimum atomic E-state index is -0.703. The van der Waals surface area contributed by atoms with Crippen LogP contribution in [0, 0.1) is 6.92 Å². The predicted octanol–water partition coefficient (Wildman–Crippen LogP) is 7.39. The third kappa shape index (κ3) is 12.2. The summed E-state index contributed by atoms with van der Waals surface area (Å²) in [6.45, 7) is 9.64. The number of amides is 3. The van der Waals surface area contributed by atoms with E-state index in [0.717, 1.165) is 39.3 Å². The molecule has 0 spiro atoms. The maximum Gasteiger partial charge on any atom is 0.416 e. The van der Waals surface area contributed by atoms with Gasteiger partial charge in [-0.2, -0.15) is 0 Å². The fraction of sp³-hybridized carbons (Fsp3) is 0.390. The van der Waals surface area contributed by atoms with Gasteiger partial charge in [-0.1, -0.05) is 61.5 Å². The highest BCUT2D eigenvalue weighted by atomic mass is 16.6. The molecule has 1 heterocycles. The fourth-order valence-corrected chi connectivity index (χ4v) is 5.61. The van der Waals surface area contributed by atoms with Gasteiger partial charge in [-0.25, -0.2) is 9.78 Å². The number of fused-ring (bicyclic) bond motifs is 1. The average Bonchev–Trinajstić information content (AvgIpc) is 3.09. The number of phenolic OH excluding ortho intramolecular Hbond substituents is 1. The Hall–Kier alpha value is -5.29. The van der Waals surface area contributed by atoms with E-state index in [9.17, 15) is 24.3 Å².